The van der Waals surface area contributed by atoms with Crippen molar-refractivity contribution >= 4 is 11.9 Å². The zero-order valence-corrected chi connectivity index (χ0v) is 8.78. The fourth-order valence-corrected chi connectivity index (χ4v) is 1.74. The van der Waals surface area contributed by atoms with Gasteiger partial charge in [-0.2, -0.15) is 0 Å². The number of likely N-dealkylation sites (N-methyl/N-ethyl adjacent to an activating group) is 2. The van der Waals surface area contributed by atoms with Crippen molar-refractivity contribution in [1.82, 2.24) is 9.80 Å². The van der Waals surface area contributed by atoms with Crippen molar-refractivity contribution in [3.63, 3.8) is 0 Å². The predicted octanol–water partition coefficient (Wildman–Crippen LogP) is 0.296. The first-order chi connectivity index (χ1) is 7.01. The molecule has 1 rings (SSSR count). The van der Waals surface area contributed by atoms with Crippen molar-refractivity contribution in [2.45, 2.75) is 18.4 Å². The number of urea groups is 1. The molecule has 0 bridgehead atoms. The van der Waals surface area contributed by atoms with Crippen molar-refractivity contribution in [1.29, 1.82) is 0 Å². The van der Waals surface area contributed by atoms with Gasteiger partial charge in [-0.1, -0.05) is 0 Å². The Morgan fingerprint density at radius 3 is 1.93 bits per heavy atom. The molecule has 0 spiro atoms. The first kappa shape index (κ1) is 11.1. The van der Waals surface area contributed by atoms with Gasteiger partial charge in [-0.15, -0.1) is 24.7 Å². The lowest BCUT2D eigenvalue weighted by atomic mass is 9.90. The van der Waals surface area contributed by atoms with Crippen LogP contribution in [0, 0.1) is 24.7 Å². The van der Waals surface area contributed by atoms with Gasteiger partial charge in [0.2, 0.25) is 0 Å². The van der Waals surface area contributed by atoms with Crippen LogP contribution < -0.4 is 0 Å². The maximum atomic E-state index is 11.9. The van der Waals surface area contributed by atoms with Crippen LogP contribution in [0.25, 0.3) is 0 Å². The highest BCUT2D eigenvalue weighted by Gasteiger charge is 2.53. The molecule has 0 aliphatic carbocycles. The van der Waals surface area contributed by atoms with Crippen LogP contribution in [0.15, 0.2) is 0 Å². The fourth-order valence-electron chi connectivity index (χ4n) is 1.74. The van der Waals surface area contributed by atoms with Gasteiger partial charge in [-0.3, -0.25) is 9.69 Å². The lowest BCUT2D eigenvalue weighted by Gasteiger charge is -2.28. The second-order valence-electron chi connectivity index (χ2n) is 3.50. The van der Waals surface area contributed by atoms with Crippen molar-refractivity contribution < 1.29 is 9.59 Å². The van der Waals surface area contributed by atoms with Gasteiger partial charge in [0, 0.05) is 26.9 Å². The number of hydrogen-bond acceptors (Lipinski definition) is 2. The van der Waals surface area contributed by atoms with Crippen LogP contribution in [-0.2, 0) is 4.79 Å². The van der Waals surface area contributed by atoms with Gasteiger partial charge >= 0.3 is 6.03 Å². The summed E-state index contributed by atoms with van der Waals surface area (Å²) in [6, 6.07) is -0.370. The van der Waals surface area contributed by atoms with E-state index >= 15 is 0 Å². The van der Waals surface area contributed by atoms with Crippen LogP contribution in [0.1, 0.15) is 12.8 Å². The van der Waals surface area contributed by atoms with Gasteiger partial charge < -0.3 is 4.90 Å². The largest absolute Gasteiger partial charge is 0.327 e. The van der Waals surface area contributed by atoms with Gasteiger partial charge in [-0.05, 0) is 0 Å². The number of amides is 3. The molecule has 0 saturated carbocycles. The molecule has 1 heterocycles. The van der Waals surface area contributed by atoms with Crippen LogP contribution >= 0.6 is 0 Å². The average molecular weight is 204 g/mol. The third-order valence-corrected chi connectivity index (χ3v) is 2.71. The van der Waals surface area contributed by atoms with Crippen LogP contribution in [-0.4, -0.2) is 41.4 Å². The summed E-state index contributed by atoms with van der Waals surface area (Å²) in [7, 11) is 2.97. The minimum absolute atomic E-state index is 0.141. The maximum Gasteiger partial charge on any atom is 0.327 e. The molecule has 78 valence electrons. The molecular formula is C11H12N2O2. The van der Waals surface area contributed by atoms with Crippen molar-refractivity contribution in [3.8, 4) is 24.7 Å². The van der Waals surface area contributed by atoms with Gasteiger partial charge in [0.25, 0.3) is 5.91 Å². The minimum atomic E-state index is -1.05. The summed E-state index contributed by atoms with van der Waals surface area (Å²) in [4.78, 5) is 25.9. The van der Waals surface area contributed by atoms with E-state index in [2.05, 4.69) is 11.8 Å². The zero-order chi connectivity index (χ0) is 11.6. The van der Waals surface area contributed by atoms with Crippen LogP contribution in [0.4, 0.5) is 4.79 Å². The van der Waals surface area contributed by atoms with E-state index in [0.29, 0.717) is 0 Å². The zero-order valence-electron chi connectivity index (χ0n) is 8.78. The van der Waals surface area contributed by atoms with E-state index in [0.717, 1.165) is 4.90 Å². The summed E-state index contributed by atoms with van der Waals surface area (Å²) in [6.45, 7) is 0. The summed E-state index contributed by atoms with van der Waals surface area (Å²) in [5.74, 6) is 4.47. The molecule has 1 fully saturated rings. The molecule has 4 heteroatoms. The van der Waals surface area contributed by atoms with E-state index in [4.69, 9.17) is 12.8 Å². The molecule has 15 heavy (non-hydrogen) atoms. The van der Waals surface area contributed by atoms with Crippen LogP contribution in [0.3, 0.4) is 0 Å². The Bertz CT molecular complexity index is 370. The summed E-state index contributed by atoms with van der Waals surface area (Å²) in [5.41, 5.74) is -1.05. The highest BCUT2D eigenvalue weighted by atomic mass is 16.2. The Hall–Kier alpha value is -1.94. The Kier molecular flexibility index (Phi) is 2.72. The number of carbonyl (C=O) groups is 2. The Morgan fingerprint density at radius 1 is 1.20 bits per heavy atom. The normalized spacial score (nSPS) is 18.9. The summed E-state index contributed by atoms with van der Waals surface area (Å²) in [5, 5.41) is 0. The van der Waals surface area contributed by atoms with Gasteiger partial charge in [0.1, 0.15) is 5.54 Å². The molecule has 0 N–H and O–H groups in total. The second-order valence-corrected chi connectivity index (χ2v) is 3.50. The maximum absolute atomic E-state index is 11.9. The predicted molar refractivity (Wildman–Crippen MR) is 55.6 cm³/mol. The Labute approximate surface area is 89.2 Å². The molecule has 0 radical (unpaired) electrons. The van der Waals surface area contributed by atoms with E-state index in [9.17, 15) is 9.59 Å². The number of imide groups is 1. The van der Waals surface area contributed by atoms with Crippen molar-refractivity contribution in [2.24, 2.45) is 0 Å². The van der Waals surface area contributed by atoms with Gasteiger partial charge in [0.15, 0.2) is 0 Å². The molecule has 0 aromatic heterocycles. The van der Waals surface area contributed by atoms with Gasteiger partial charge in [-0.25, -0.2) is 4.79 Å². The number of carbonyl (C=O) groups excluding carboxylic acids is 2. The van der Waals surface area contributed by atoms with E-state index in [-0.39, 0.29) is 24.8 Å². The molecule has 0 aromatic carbocycles. The summed E-state index contributed by atoms with van der Waals surface area (Å²) >= 11 is 0. The molecule has 4 nitrogen and oxygen atoms in total. The summed E-state index contributed by atoms with van der Waals surface area (Å²) < 4.78 is 0. The number of rotatable bonds is 2. The molecule has 0 aromatic rings. The highest BCUT2D eigenvalue weighted by molar-refractivity contribution is 6.07. The molecule has 0 unspecified atom stereocenters. The second kappa shape index (κ2) is 3.67. The minimum Gasteiger partial charge on any atom is -0.311 e. The number of hydrogen-bond donors (Lipinski definition) is 0. The van der Waals surface area contributed by atoms with Crippen molar-refractivity contribution in [3.05, 3.63) is 0 Å². The first-order valence-corrected chi connectivity index (χ1v) is 4.44. The quantitative estimate of drug-likeness (QED) is 0.479. The lowest BCUT2D eigenvalue weighted by Crippen LogP contribution is -2.47. The molecule has 3 amide bonds. The Morgan fingerprint density at radius 2 is 1.67 bits per heavy atom. The average Bonchev–Trinajstić information content (AvgIpc) is 2.36. The highest BCUT2D eigenvalue weighted by Crippen LogP contribution is 2.31. The van der Waals surface area contributed by atoms with Crippen molar-refractivity contribution in [2.75, 3.05) is 14.1 Å². The SMILES string of the molecule is C#CCC1(CC#C)C(=O)N(C)C(=O)N1C. The van der Waals surface area contributed by atoms with Crippen LogP contribution in [0.5, 0.6) is 0 Å². The Balaban J connectivity index is 3.19. The standard InChI is InChI=1S/C11H12N2O2/c1-5-7-11(8-6-2)9(14)12(3)10(15)13(11)4/h1-2H,7-8H2,3-4H3. The van der Waals surface area contributed by atoms with E-state index in [1.807, 2.05) is 0 Å². The molecule has 1 aliphatic heterocycles. The molecular weight excluding hydrogens is 192 g/mol. The summed E-state index contributed by atoms with van der Waals surface area (Å²) in [6.07, 6.45) is 10.7. The monoisotopic (exact) mass is 204 g/mol. The fraction of sp³-hybridized carbons (Fsp3) is 0.455. The molecule has 1 aliphatic rings. The number of nitrogens with zero attached hydrogens (tertiary/aromatic N) is 2. The van der Waals surface area contributed by atoms with E-state index < -0.39 is 5.54 Å². The van der Waals surface area contributed by atoms with E-state index in [1.165, 1.54) is 11.9 Å². The molecule has 1 saturated heterocycles. The lowest BCUT2D eigenvalue weighted by molar-refractivity contribution is -0.131. The van der Waals surface area contributed by atoms with Gasteiger partial charge in [0.05, 0.1) is 0 Å². The first-order valence-electron chi connectivity index (χ1n) is 4.44. The third-order valence-electron chi connectivity index (χ3n) is 2.71. The smallest absolute Gasteiger partial charge is 0.311 e. The van der Waals surface area contributed by atoms with Crippen LogP contribution in [0.2, 0.25) is 0 Å². The number of terminal acetylenes is 2. The van der Waals surface area contributed by atoms with E-state index in [1.54, 1.807) is 7.05 Å². The molecule has 0 atom stereocenters. The third kappa shape index (κ3) is 1.35. The topological polar surface area (TPSA) is 40.6 Å².